The Hall–Kier alpha value is -3.95. The molecule has 0 bridgehead atoms. The number of amides is 1. The van der Waals surface area contributed by atoms with Crippen molar-refractivity contribution in [3.05, 3.63) is 95.1 Å². The zero-order valence-corrected chi connectivity index (χ0v) is 23.9. The lowest BCUT2D eigenvalue weighted by Crippen LogP contribution is -2.32. The number of nitrogens with zero attached hydrogens (tertiary/aromatic N) is 3. The van der Waals surface area contributed by atoms with Gasteiger partial charge in [0.25, 0.3) is 5.91 Å². The van der Waals surface area contributed by atoms with Crippen LogP contribution in [0.5, 0.6) is 11.5 Å². The fourth-order valence-electron chi connectivity index (χ4n) is 5.32. The molecule has 0 radical (unpaired) electrons. The average molecular weight is 560 g/mol. The van der Waals surface area contributed by atoms with Crippen molar-refractivity contribution in [1.82, 2.24) is 9.31 Å². The second-order valence-electron chi connectivity index (χ2n) is 10.1. The first-order valence-corrected chi connectivity index (χ1v) is 14.6. The van der Waals surface area contributed by atoms with Crippen molar-refractivity contribution in [2.24, 2.45) is 11.0 Å². The number of sulfonamides is 1. The minimum Gasteiger partial charge on any atom is -0.497 e. The number of hydrogen-bond donors (Lipinski definition) is 0. The first-order valence-electron chi connectivity index (χ1n) is 13.2. The summed E-state index contributed by atoms with van der Waals surface area (Å²) in [4.78, 5) is 14.1. The zero-order valence-electron chi connectivity index (χ0n) is 23.1. The molecule has 8 nitrogen and oxygen atoms in total. The van der Waals surface area contributed by atoms with Crippen molar-refractivity contribution in [2.75, 3.05) is 28.3 Å². The Morgan fingerprint density at radius 3 is 2.10 bits per heavy atom. The highest BCUT2D eigenvalue weighted by Gasteiger charge is 2.44. The van der Waals surface area contributed by atoms with Crippen LogP contribution >= 0.6 is 0 Å². The summed E-state index contributed by atoms with van der Waals surface area (Å²) in [6.07, 6.45) is 4.90. The van der Waals surface area contributed by atoms with Gasteiger partial charge in [-0.1, -0.05) is 24.3 Å². The van der Waals surface area contributed by atoms with E-state index in [1.807, 2.05) is 48.5 Å². The fourth-order valence-corrected chi connectivity index (χ4v) is 6.22. The summed E-state index contributed by atoms with van der Waals surface area (Å²) in [5.41, 5.74) is 4.42. The van der Waals surface area contributed by atoms with Crippen molar-refractivity contribution in [3.8, 4) is 11.5 Å². The van der Waals surface area contributed by atoms with E-state index < -0.39 is 10.0 Å². The van der Waals surface area contributed by atoms with Gasteiger partial charge in [-0.05, 0) is 90.6 Å². The van der Waals surface area contributed by atoms with E-state index in [9.17, 15) is 13.2 Å². The van der Waals surface area contributed by atoms with Crippen LogP contribution in [0.15, 0.2) is 88.4 Å². The summed E-state index contributed by atoms with van der Waals surface area (Å²) in [6, 6.07) is 21.4. The molecular formula is C31H33N3O5S. The molecule has 2 aliphatic rings. The number of carbonyl (C=O) groups excluding carboxylic acids is 1. The summed E-state index contributed by atoms with van der Waals surface area (Å²) in [6.45, 7) is 0. The SMILES string of the molecule is COc1ccc(/C=C2\CCCC3C2=NN(C(=O)c2ccc(S(=O)(=O)N(C)C)cc2)C3c2ccc(OC)cc2)cc1. The van der Waals surface area contributed by atoms with E-state index in [4.69, 9.17) is 14.6 Å². The molecule has 208 valence electrons. The molecule has 0 spiro atoms. The number of rotatable bonds is 7. The third-order valence-corrected chi connectivity index (χ3v) is 9.33. The molecule has 0 N–H and O–H groups in total. The number of benzene rings is 3. The number of hydrogen-bond acceptors (Lipinski definition) is 6. The summed E-state index contributed by atoms with van der Waals surface area (Å²) in [5.74, 6) is 1.29. The van der Waals surface area contributed by atoms with Crippen LogP contribution in [-0.2, 0) is 10.0 Å². The topological polar surface area (TPSA) is 88.5 Å². The largest absolute Gasteiger partial charge is 0.497 e. The quantitative estimate of drug-likeness (QED) is 0.387. The van der Waals surface area contributed by atoms with Gasteiger partial charge in [-0.2, -0.15) is 5.10 Å². The molecule has 1 aliphatic carbocycles. The van der Waals surface area contributed by atoms with E-state index in [-0.39, 0.29) is 22.8 Å². The lowest BCUT2D eigenvalue weighted by Gasteiger charge is -2.29. The molecule has 3 aromatic rings. The number of fused-ring (bicyclic) bond motifs is 1. The third-order valence-electron chi connectivity index (χ3n) is 7.50. The van der Waals surface area contributed by atoms with E-state index >= 15 is 0 Å². The van der Waals surface area contributed by atoms with Crippen LogP contribution in [0.2, 0.25) is 0 Å². The number of allylic oxidation sites excluding steroid dienone is 1. The lowest BCUT2D eigenvalue weighted by molar-refractivity contribution is 0.0680. The third kappa shape index (κ3) is 5.26. The smallest absolute Gasteiger partial charge is 0.274 e. The van der Waals surface area contributed by atoms with Crippen LogP contribution in [0.25, 0.3) is 6.08 Å². The highest BCUT2D eigenvalue weighted by molar-refractivity contribution is 7.89. The lowest BCUT2D eigenvalue weighted by atomic mass is 9.77. The Kier molecular flexibility index (Phi) is 7.78. The molecular weight excluding hydrogens is 526 g/mol. The van der Waals surface area contributed by atoms with E-state index in [0.717, 1.165) is 57.5 Å². The summed E-state index contributed by atoms with van der Waals surface area (Å²) < 4.78 is 36.9. The molecule has 5 rings (SSSR count). The van der Waals surface area contributed by atoms with Gasteiger partial charge in [0.05, 0.1) is 30.9 Å². The van der Waals surface area contributed by atoms with Crippen LogP contribution in [0, 0.1) is 5.92 Å². The maximum atomic E-state index is 13.9. The molecule has 1 saturated carbocycles. The first kappa shape index (κ1) is 27.6. The molecule has 1 amide bonds. The molecule has 3 aromatic carbocycles. The molecule has 1 fully saturated rings. The molecule has 2 atom stereocenters. The number of ether oxygens (including phenoxy) is 2. The number of carbonyl (C=O) groups is 1. The normalized spacial score (nSPS) is 19.9. The second kappa shape index (κ2) is 11.3. The van der Waals surface area contributed by atoms with Crippen molar-refractivity contribution < 1.29 is 22.7 Å². The van der Waals surface area contributed by atoms with Gasteiger partial charge in [0, 0.05) is 25.6 Å². The maximum Gasteiger partial charge on any atom is 0.274 e. The minimum absolute atomic E-state index is 0.0315. The van der Waals surface area contributed by atoms with Crippen molar-refractivity contribution >= 4 is 27.7 Å². The molecule has 0 aromatic heterocycles. The van der Waals surface area contributed by atoms with E-state index in [2.05, 4.69) is 6.08 Å². The van der Waals surface area contributed by atoms with Gasteiger partial charge >= 0.3 is 0 Å². The van der Waals surface area contributed by atoms with E-state index in [1.165, 1.54) is 26.2 Å². The molecule has 1 heterocycles. The van der Waals surface area contributed by atoms with E-state index in [1.54, 1.807) is 31.4 Å². The van der Waals surface area contributed by atoms with Gasteiger partial charge < -0.3 is 9.47 Å². The predicted molar refractivity (Wildman–Crippen MR) is 155 cm³/mol. The van der Waals surface area contributed by atoms with Gasteiger partial charge in [-0.3, -0.25) is 4.79 Å². The Bertz CT molecular complexity index is 1540. The van der Waals surface area contributed by atoms with Crippen LogP contribution in [0.1, 0.15) is 46.8 Å². The van der Waals surface area contributed by atoms with Gasteiger partial charge in [-0.25, -0.2) is 17.7 Å². The van der Waals surface area contributed by atoms with Crippen molar-refractivity contribution in [2.45, 2.75) is 30.2 Å². The van der Waals surface area contributed by atoms with Crippen LogP contribution in [-0.4, -0.2) is 57.7 Å². The monoisotopic (exact) mass is 559 g/mol. The fraction of sp³-hybridized carbons (Fsp3) is 0.290. The summed E-state index contributed by atoms with van der Waals surface area (Å²) in [5, 5.41) is 6.52. The second-order valence-corrected chi connectivity index (χ2v) is 12.3. The van der Waals surface area contributed by atoms with E-state index in [0.29, 0.717) is 5.56 Å². The molecule has 1 aliphatic heterocycles. The Morgan fingerprint density at radius 2 is 1.52 bits per heavy atom. The summed E-state index contributed by atoms with van der Waals surface area (Å²) in [7, 11) is 2.62. The highest BCUT2D eigenvalue weighted by Crippen LogP contribution is 2.45. The van der Waals surface area contributed by atoms with Crippen molar-refractivity contribution in [3.63, 3.8) is 0 Å². The Labute approximate surface area is 235 Å². The number of hydrazone groups is 1. The van der Waals surface area contributed by atoms with Gasteiger partial charge in [-0.15, -0.1) is 0 Å². The average Bonchev–Trinajstić information content (AvgIpc) is 3.38. The molecule has 9 heteroatoms. The van der Waals surface area contributed by atoms with Gasteiger partial charge in [0.1, 0.15) is 11.5 Å². The van der Waals surface area contributed by atoms with Crippen LogP contribution in [0.3, 0.4) is 0 Å². The van der Waals surface area contributed by atoms with Gasteiger partial charge in [0.15, 0.2) is 0 Å². The molecule has 2 unspecified atom stereocenters. The maximum absolute atomic E-state index is 13.9. The number of methoxy groups -OCH3 is 2. The predicted octanol–water partition coefficient (Wildman–Crippen LogP) is 5.39. The van der Waals surface area contributed by atoms with Gasteiger partial charge in [0.2, 0.25) is 10.0 Å². The minimum atomic E-state index is -3.60. The standard InChI is InChI=1S/C31H33N3O5S/c1-33(2)40(36,37)27-18-12-23(13-19-27)31(35)34-30(22-10-16-26(39-4)17-11-22)28-7-5-6-24(29(28)32-34)20-21-8-14-25(38-3)15-9-21/h8-20,28,30H,5-7H2,1-4H3/b24-20+. The molecule has 0 saturated heterocycles. The highest BCUT2D eigenvalue weighted by atomic mass is 32.2. The van der Waals surface area contributed by atoms with Crippen molar-refractivity contribution in [1.29, 1.82) is 0 Å². The van der Waals surface area contributed by atoms with Crippen LogP contribution < -0.4 is 9.47 Å². The summed E-state index contributed by atoms with van der Waals surface area (Å²) >= 11 is 0. The Morgan fingerprint density at radius 1 is 0.925 bits per heavy atom. The zero-order chi connectivity index (χ0) is 28.4. The van der Waals surface area contributed by atoms with Crippen LogP contribution in [0.4, 0.5) is 0 Å². The Balaban J connectivity index is 1.53. The first-order chi connectivity index (χ1) is 19.2. The molecule has 40 heavy (non-hydrogen) atoms.